The first-order valence-corrected chi connectivity index (χ1v) is 5.15. The second kappa shape index (κ2) is 5.15. The van der Waals surface area contributed by atoms with Gasteiger partial charge in [0.25, 0.3) is 0 Å². The van der Waals surface area contributed by atoms with Crippen LogP contribution in [0.2, 0.25) is 0 Å². The Morgan fingerprint density at radius 3 is 2.93 bits per heavy atom. The molecule has 1 aromatic rings. The van der Waals surface area contributed by atoms with Crippen molar-refractivity contribution in [3.63, 3.8) is 0 Å². The molecule has 0 amide bonds. The minimum Gasteiger partial charge on any atom is -0.454 e. The van der Waals surface area contributed by atoms with E-state index in [1.54, 1.807) is 6.20 Å². The molecule has 1 unspecified atom stereocenters. The first kappa shape index (κ1) is 12.0. The van der Waals surface area contributed by atoms with Gasteiger partial charge in [0.15, 0.2) is 0 Å². The number of halogens is 1. The maximum Gasteiger partial charge on any atom is 2.00 e. The predicted molar refractivity (Wildman–Crippen MR) is 60.4 cm³/mol. The molecule has 2 nitrogen and oxygen atoms in total. The molecule has 76 valence electrons. The molecule has 0 aliphatic heterocycles. The van der Waals surface area contributed by atoms with Gasteiger partial charge in [-0.15, -0.1) is 18.5 Å². The Morgan fingerprint density at radius 2 is 2.36 bits per heavy atom. The molecular weight excluding hydrogens is 381 g/mol. The molecule has 0 bridgehead atoms. The van der Waals surface area contributed by atoms with Crippen molar-refractivity contribution in [2.75, 3.05) is 0 Å². The van der Waals surface area contributed by atoms with Crippen LogP contribution >= 0.6 is 22.6 Å². The number of hydrogen-bond acceptors (Lipinski definition) is 1. The third kappa shape index (κ3) is 2.98. The molecule has 1 aromatic heterocycles. The van der Waals surface area contributed by atoms with Crippen molar-refractivity contribution in [1.29, 1.82) is 0 Å². The smallest absolute Gasteiger partial charge is 0.454 e. The van der Waals surface area contributed by atoms with Crippen LogP contribution in [-0.4, -0.2) is 13.0 Å². The molecule has 2 rings (SSSR count). The fraction of sp³-hybridized carbons (Fsp3) is 0.200. The largest absolute Gasteiger partial charge is 2.00 e. The van der Waals surface area contributed by atoms with E-state index in [9.17, 15) is 0 Å². The Morgan fingerprint density at radius 1 is 1.50 bits per heavy atom. The monoisotopic (exact) mass is 390 g/mol. The summed E-state index contributed by atoms with van der Waals surface area (Å²) in [6.07, 6.45) is 17.1. The van der Waals surface area contributed by atoms with Crippen molar-refractivity contribution in [2.45, 2.75) is 9.97 Å². The van der Waals surface area contributed by atoms with E-state index in [0.29, 0.717) is 0 Å². The van der Waals surface area contributed by atoms with Crippen molar-refractivity contribution < 1.29 is 20.4 Å². The Labute approximate surface area is 111 Å². The molecule has 4 heteroatoms. The van der Waals surface area contributed by atoms with Crippen LogP contribution in [-0.2, 0) is 27.0 Å². The molecule has 1 atom stereocenters. The second-order valence-corrected chi connectivity index (χ2v) is 5.00. The summed E-state index contributed by atoms with van der Waals surface area (Å²) >= 11 is 2.43. The molecule has 1 aliphatic rings. The summed E-state index contributed by atoms with van der Waals surface area (Å²) in [5.41, 5.74) is 0. The molecule has 0 aromatic carbocycles. The molecule has 0 saturated carbocycles. The van der Waals surface area contributed by atoms with E-state index in [4.69, 9.17) is 0 Å². The number of allylic oxidation sites excluding steroid dienone is 4. The van der Waals surface area contributed by atoms with Crippen molar-refractivity contribution in [3.8, 4) is 0 Å². The van der Waals surface area contributed by atoms with E-state index in [0.717, 1.165) is 6.54 Å². The number of rotatable bonds is 2. The zero-order chi connectivity index (χ0) is 9.15. The van der Waals surface area contributed by atoms with E-state index >= 15 is 0 Å². The average Bonchev–Trinajstić information content (AvgIpc) is 2.57. The maximum atomic E-state index is 3.90. The van der Waals surface area contributed by atoms with Gasteiger partial charge in [-0.3, -0.25) is 0 Å². The molecule has 14 heavy (non-hydrogen) atoms. The van der Waals surface area contributed by atoms with Crippen LogP contribution in [0.4, 0.5) is 0 Å². The Balaban J connectivity index is 0.000000980. The van der Waals surface area contributed by atoms with Crippen LogP contribution in [0.3, 0.4) is 0 Å². The van der Waals surface area contributed by atoms with E-state index in [2.05, 4.69) is 58.6 Å². The Bertz CT molecular complexity index is 332. The van der Waals surface area contributed by atoms with Gasteiger partial charge in [0.1, 0.15) is 0 Å². The average molecular weight is 391 g/mol. The maximum absolute atomic E-state index is 3.90. The van der Waals surface area contributed by atoms with Gasteiger partial charge in [0.05, 0.1) is 0 Å². The fourth-order valence-electron chi connectivity index (χ4n) is 1.26. The molecule has 0 N–H and O–H groups in total. The zero-order valence-corrected chi connectivity index (χ0v) is 11.0. The molecular formula is C10H9IN2Pd. The van der Waals surface area contributed by atoms with Gasteiger partial charge in [-0.1, -0.05) is 28.7 Å². The van der Waals surface area contributed by atoms with Crippen molar-refractivity contribution in [2.24, 2.45) is 0 Å². The quantitative estimate of drug-likeness (QED) is 0.328. The molecule has 1 heterocycles. The van der Waals surface area contributed by atoms with Crippen LogP contribution in [0.5, 0.6) is 0 Å². The third-order valence-electron chi connectivity index (χ3n) is 1.89. The summed E-state index contributed by atoms with van der Waals surface area (Å²) in [6.45, 7) is 0.883. The minimum absolute atomic E-state index is 0. The molecule has 0 spiro atoms. The van der Waals surface area contributed by atoms with Crippen molar-refractivity contribution >= 4 is 22.6 Å². The molecule has 0 saturated heterocycles. The van der Waals surface area contributed by atoms with E-state index in [1.165, 1.54) is 0 Å². The van der Waals surface area contributed by atoms with Crippen LogP contribution in [0.1, 0.15) is 0 Å². The summed E-state index contributed by atoms with van der Waals surface area (Å²) in [6, 6.07) is 0. The van der Waals surface area contributed by atoms with Gasteiger partial charge in [-0.05, 0) is 0 Å². The van der Waals surface area contributed by atoms with E-state index in [1.807, 2.05) is 16.8 Å². The van der Waals surface area contributed by atoms with E-state index < -0.39 is 0 Å². The standard InChI is InChI=1S/C10H9IN2.Pd/c11-10(4-2-1-3-5-10)8-13-7-6-12-9-13;/h1-7H,8H2;/q-2;+2. The number of hydrogen-bond donors (Lipinski definition) is 0. The first-order valence-electron chi connectivity index (χ1n) is 4.07. The second-order valence-electron chi connectivity index (χ2n) is 2.99. The predicted octanol–water partition coefficient (Wildman–Crippen LogP) is 2.18. The van der Waals surface area contributed by atoms with Gasteiger partial charge < -0.3 is 9.55 Å². The summed E-state index contributed by atoms with van der Waals surface area (Å²) < 4.78 is 2.04. The minimum atomic E-state index is 0. The molecule has 0 fully saturated rings. The van der Waals surface area contributed by atoms with Crippen LogP contribution in [0, 0.1) is 12.7 Å². The zero-order valence-electron chi connectivity index (χ0n) is 7.34. The van der Waals surface area contributed by atoms with Gasteiger partial charge in [-0.25, -0.2) is 18.6 Å². The van der Waals surface area contributed by atoms with Gasteiger partial charge >= 0.3 is 20.4 Å². The normalized spacial score (nSPS) is 24.1. The number of alkyl halides is 1. The van der Waals surface area contributed by atoms with Crippen LogP contribution in [0.15, 0.2) is 36.7 Å². The van der Waals surface area contributed by atoms with Crippen LogP contribution < -0.4 is 0 Å². The van der Waals surface area contributed by atoms with Gasteiger partial charge in [0, 0.05) is 16.3 Å². The summed E-state index contributed by atoms with van der Waals surface area (Å²) in [5.74, 6) is 0. The van der Waals surface area contributed by atoms with Gasteiger partial charge in [-0.2, -0.15) is 0 Å². The van der Waals surface area contributed by atoms with Crippen molar-refractivity contribution in [1.82, 2.24) is 9.55 Å². The Kier molecular flexibility index (Phi) is 4.42. The summed E-state index contributed by atoms with van der Waals surface area (Å²) in [7, 11) is 0. The Hall–Kier alpha value is -0.0477. The number of aromatic nitrogens is 2. The molecule has 1 aliphatic carbocycles. The molecule has 0 radical (unpaired) electrons. The summed E-state index contributed by atoms with van der Waals surface area (Å²) in [4.78, 5) is 3.90. The van der Waals surface area contributed by atoms with Crippen molar-refractivity contribution in [3.05, 3.63) is 49.4 Å². The number of imidazole rings is 1. The van der Waals surface area contributed by atoms with E-state index in [-0.39, 0.29) is 23.8 Å². The van der Waals surface area contributed by atoms with Crippen LogP contribution in [0.25, 0.3) is 0 Å². The number of nitrogens with zero attached hydrogens (tertiary/aromatic N) is 2. The summed E-state index contributed by atoms with van der Waals surface area (Å²) in [5, 5.41) is 0. The third-order valence-corrected chi connectivity index (χ3v) is 2.95. The fourth-order valence-corrected chi connectivity index (χ4v) is 2.04. The van der Waals surface area contributed by atoms with Gasteiger partial charge in [0.2, 0.25) is 0 Å². The topological polar surface area (TPSA) is 17.8 Å². The first-order chi connectivity index (χ1) is 6.29. The SMILES string of the molecule is IC1(Cn2[c-]ncc2)C=CC=C[CH-]1.[Pd+2].